The molecule has 0 aliphatic rings. The molecule has 16 heavy (non-hydrogen) atoms. The molecule has 1 unspecified atom stereocenters. The number of carbonyl (C=O) groups excluding carboxylic acids is 1. The van der Waals surface area contributed by atoms with Crippen molar-refractivity contribution in [2.45, 2.75) is 6.04 Å². The fourth-order valence-electron chi connectivity index (χ4n) is 1.15. The molecule has 0 saturated carbocycles. The highest BCUT2D eigenvalue weighted by Gasteiger charge is 2.23. The van der Waals surface area contributed by atoms with Crippen molar-refractivity contribution in [3.05, 3.63) is 28.7 Å². The Morgan fingerprint density at radius 1 is 1.44 bits per heavy atom. The molecule has 1 atom stereocenters. The quantitative estimate of drug-likeness (QED) is 0.724. The van der Waals surface area contributed by atoms with Crippen LogP contribution in [0, 0.1) is 0 Å². The predicted octanol–water partition coefficient (Wildman–Crippen LogP) is 1.06. The Bertz CT molecular complexity index is 409. The number of hydrogen-bond acceptors (Lipinski definition) is 3. The van der Waals surface area contributed by atoms with Gasteiger partial charge in [-0.1, -0.05) is 22.0 Å². The number of anilines is 1. The lowest BCUT2D eigenvalue weighted by molar-refractivity contribution is -0.142. The minimum atomic E-state index is -1.25. The van der Waals surface area contributed by atoms with Crippen molar-refractivity contribution in [1.82, 2.24) is 5.32 Å². The minimum absolute atomic E-state index is 0.542. The van der Waals surface area contributed by atoms with Gasteiger partial charge in [-0.2, -0.15) is 0 Å². The summed E-state index contributed by atoms with van der Waals surface area (Å²) in [6.45, 7) is 0. The number of carbonyl (C=O) groups is 2. The molecule has 0 fully saturated rings. The van der Waals surface area contributed by atoms with Gasteiger partial charge in [0.25, 0.3) is 5.91 Å². The second-order valence-electron chi connectivity index (χ2n) is 3.06. The van der Waals surface area contributed by atoms with E-state index in [9.17, 15) is 9.59 Å². The highest BCUT2D eigenvalue weighted by Crippen LogP contribution is 2.15. The Morgan fingerprint density at radius 2 is 2.12 bits per heavy atom. The fraction of sp³-hybridized carbons (Fsp3) is 0.200. The van der Waals surface area contributed by atoms with Gasteiger partial charge in [0.05, 0.1) is 0 Å². The number of aliphatic carboxylic acids is 1. The number of halogens is 1. The first-order chi connectivity index (χ1) is 7.54. The SMILES string of the molecule is CNC(C(=O)O)C(=O)Nc1cccc(Br)c1. The van der Waals surface area contributed by atoms with Crippen LogP contribution in [0.5, 0.6) is 0 Å². The lowest BCUT2D eigenvalue weighted by Crippen LogP contribution is -2.44. The average molecular weight is 287 g/mol. The van der Waals surface area contributed by atoms with Crippen molar-refractivity contribution in [2.75, 3.05) is 12.4 Å². The van der Waals surface area contributed by atoms with E-state index in [1.165, 1.54) is 7.05 Å². The Kier molecular flexibility index (Phi) is 4.45. The number of nitrogens with one attached hydrogen (secondary N) is 2. The van der Waals surface area contributed by atoms with Crippen molar-refractivity contribution in [3.8, 4) is 0 Å². The van der Waals surface area contributed by atoms with Gasteiger partial charge in [0, 0.05) is 10.2 Å². The monoisotopic (exact) mass is 286 g/mol. The Labute approximate surface area is 101 Å². The van der Waals surface area contributed by atoms with Crippen LogP contribution in [0.3, 0.4) is 0 Å². The molecule has 5 nitrogen and oxygen atoms in total. The number of benzene rings is 1. The van der Waals surface area contributed by atoms with Crippen molar-refractivity contribution in [1.29, 1.82) is 0 Å². The highest BCUT2D eigenvalue weighted by atomic mass is 79.9. The zero-order valence-corrected chi connectivity index (χ0v) is 10.1. The van der Waals surface area contributed by atoms with E-state index >= 15 is 0 Å². The van der Waals surface area contributed by atoms with Crippen LogP contribution < -0.4 is 10.6 Å². The largest absolute Gasteiger partial charge is 0.480 e. The van der Waals surface area contributed by atoms with Crippen LogP contribution >= 0.6 is 15.9 Å². The zero-order valence-electron chi connectivity index (χ0n) is 8.53. The van der Waals surface area contributed by atoms with Crippen LogP contribution in [-0.2, 0) is 9.59 Å². The summed E-state index contributed by atoms with van der Waals surface area (Å²) in [5.74, 6) is -1.82. The lowest BCUT2D eigenvalue weighted by atomic mass is 10.2. The van der Waals surface area contributed by atoms with Crippen LogP contribution in [0.25, 0.3) is 0 Å². The van der Waals surface area contributed by atoms with E-state index in [1.54, 1.807) is 18.2 Å². The predicted molar refractivity (Wildman–Crippen MR) is 63.3 cm³/mol. The van der Waals surface area contributed by atoms with E-state index in [0.717, 1.165) is 4.47 Å². The van der Waals surface area contributed by atoms with Crippen LogP contribution in [0.2, 0.25) is 0 Å². The molecular weight excluding hydrogens is 276 g/mol. The van der Waals surface area contributed by atoms with Crippen molar-refractivity contribution in [3.63, 3.8) is 0 Å². The van der Waals surface area contributed by atoms with Crippen LogP contribution in [0.4, 0.5) is 5.69 Å². The molecule has 0 bridgehead atoms. The molecular formula is C10H11BrN2O3. The van der Waals surface area contributed by atoms with Gasteiger partial charge in [0.1, 0.15) is 0 Å². The second kappa shape index (κ2) is 5.62. The zero-order chi connectivity index (χ0) is 12.1. The molecule has 86 valence electrons. The third-order valence-corrected chi connectivity index (χ3v) is 2.38. The number of likely N-dealkylation sites (N-methyl/N-ethyl adjacent to an activating group) is 1. The van der Waals surface area contributed by atoms with Crippen LogP contribution in [0.1, 0.15) is 0 Å². The first-order valence-corrected chi connectivity index (χ1v) is 5.30. The number of carboxylic acids is 1. The summed E-state index contributed by atoms with van der Waals surface area (Å²) in [4.78, 5) is 22.2. The van der Waals surface area contributed by atoms with Gasteiger partial charge in [0.2, 0.25) is 0 Å². The fourth-order valence-corrected chi connectivity index (χ4v) is 1.55. The lowest BCUT2D eigenvalue weighted by Gasteiger charge is -2.11. The third kappa shape index (κ3) is 3.32. The standard InChI is InChI=1S/C10H11BrN2O3/c1-12-8(10(15)16)9(14)13-7-4-2-3-6(11)5-7/h2-5,8,12H,1H3,(H,13,14)(H,15,16). The molecule has 0 heterocycles. The Morgan fingerprint density at radius 3 is 2.62 bits per heavy atom. The maximum Gasteiger partial charge on any atom is 0.330 e. The summed E-state index contributed by atoms with van der Waals surface area (Å²) < 4.78 is 0.807. The van der Waals surface area contributed by atoms with Crippen LogP contribution in [-0.4, -0.2) is 30.1 Å². The van der Waals surface area contributed by atoms with Crippen molar-refractivity contribution < 1.29 is 14.7 Å². The van der Waals surface area contributed by atoms with Crippen molar-refractivity contribution >= 4 is 33.5 Å². The molecule has 0 spiro atoms. The maximum atomic E-state index is 11.5. The summed E-state index contributed by atoms with van der Waals surface area (Å²) >= 11 is 3.25. The minimum Gasteiger partial charge on any atom is -0.480 e. The molecule has 1 amide bonds. The summed E-state index contributed by atoms with van der Waals surface area (Å²) in [5, 5.41) is 13.7. The van der Waals surface area contributed by atoms with Gasteiger partial charge < -0.3 is 10.4 Å². The number of amides is 1. The van der Waals surface area contributed by atoms with Gasteiger partial charge >= 0.3 is 5.97 Å². The Hall–Kier alpha value is -1.40. The highest BCUT2D eigenvalue weighted by molar-refractivity contribution is 9.10. The second-order valence-corrected chi connectivity index (χ2v) is 3.98. The van der Waals surface area contributed by atoms with E-state index in [1.807, 2.05) is 6.07 Å². The van der Waals surface area contributed by atoms with E-state index in [2.05, 4.69) is 26.6 Å². The molecule has 0 radical (unpaired) electrons. The van der Waals surface area contributed by atoms with Gasteiger partial charge in [0.15, 0.2) is 6.04 Å². The van der Waals surface area contributed by atoms with Crippen LogP contribution in [0.15, 0.2) is 28.7 Å². The summed E-state index contributed by atoms with van der Waals surface area (Å²) in [6, 6.07) is 5.67. The van der Waals surface area contributed by atoms with E-state index in [4.69, 9.17) is 5.11 Å². The number of carboxylic acid groups (broad SMARTS) is 1. The topological polar surface area (TPSA) is 78.4 Å². The molecule has 0 saturated heterocycles. The normalized spacial score (nSPS) is 11.9. The average Bonchev–Trinajstić information content (AvgIpc) is 2.17. The molecule has 0 aliphatic carbocycles. The molecule has 0 aliphatic heterocycles. The molecule has 1 aromatic carbocycles. The molecule has 6 heteroatoms. The van der Waals surface area contributed by atoms with E-state index in [-0.39, 0.29) is 0 Å². The molecule has 0 aromatic heterocycles. The van der Waals surface area contributed by atoms with Gasteiger partial charge in [-0.3, -0.25) is 10.1 Å². The van der Waals surface area contributed by atoms with Gasteiger partial charge in [-0.25, -0.2) is 4.79 Å². The summed E-state index contributed by atoms with van der Waals surface area (Å²) in [7, 11) is 1.42. The smallest absolute Gasteiger partial charge is 0.330 e. The third-order valence-electron chi connectivity index (χ3n) is 1.89. The first kappa shape index (κ1) is 12.7. The summed E-state index contributed by atoms with van der Waals surface area (Å²) in [6.07, 6.45) is 0. The van der Waals surface area contributed by atoms with Gasteiger partial charge in [-0.15, -0.1) is 0 Å². The summed E-state index contributed by atoms with van der Waals surface area (Å²) in [5.41, 5.74) is 0.542. The van der Waals surface area contributed by atoms with Crippen molar-refractivity contribution in [2.24, 2.45) is 0 Å². The van der Waals surface area contributed by atoms with Gasteiger partial charge in [-0.05, 0) is 25.2 Å². The number of hydrogen-bond donors (Lipinski definition) is 3. The maximum absolute atomic E-state index is 11.5. The Balaban J connectivity index is 2.74. The van der Waals surface area contributed by atoms with E-state index in [0.29, 0.717) is 5.69 Å². The molecule has 1 aromatic rings. The first-order valence-electron chi connectivity index (χ1n) is 4.51. The molecule has 1 rings (SSSR count). The van der Waals surface area contributed by atoms with E-state index < -0.39 is 17.9 Å². The number of rotatable bonds is 4. The molecule has 3 N–H and O–H groups in total.